The molecule has 0 amide bonds. The van der Waals surface area contributed by atoms with Crippen LogP contribution < -0.4 is 0 Å². The van der Waals surface area contributed by atoms with Crippen LogP contribution in [0.15, 0.2) is 188 Å². The van der Waals surface area contributed by atoms with E-state index in [4.69, 9.17) is 9.97 Å². The van der Waals surface area contributed by atoms with Gasteiger partial charge >= 0.3 is 0 Å². The van der Waals surface area contributed by atoms with Crippen molar-refractivity contribution in [2.24, 2.45) is 0 Å². The van der Waals surface area contributed by atoms with Crippen LogP contribution in [0.4, 0.5) is 0 Å². The molecular formula is C52H31N3S. The highest BCUT2D eigenvalue weighted by Crippen LogP contribution is 2.42. The van der Waals surface area contributed by atoms with Gasteiger partial charge in [0.1, 0.15) is 0 Å². The number of thiophene rings is 1. The minimum absolute atomic E-state index is 0.733. The zero-order valence-electron chi connectivity index (χ0n) is 30.1. The van der Waals surface area contributed by atoms with Crippen LogP contribution in [-0.4, -0.2) is 14.5 Å². The summed E-state index contributed by atoms with van der Waals surface area (Å²) in [4.78, 5) is 10.6. The molecule has 3 aromatic heterocycles. The number of nitrogens with zero attached hydrogens (tertiary/aromatic N) is 3. The van der Waals surface area contributed by atoms with Crippen molar-refractivity contribution >= 4 is 85.6 Å². The predicted octanol–water partition coefficient (Wildman–Crippen LogP) is 14.4. The molecule has 0 fully saturated rings. The molecule has 3 nitrogen and oxygen atoms in total. The summed E-state index contributed by atoms with van der Waals surface area (Å²) in [6.07, 6.45) is 0. The monoisotopic (exact) mass is 729 g/mol. The van der Waals surface area contributed by atoms with Gasteiger partial charge < -0.3 is 4.57 Å². The maximum atomic E-state index is 5.35. The van der Waals surface area contributed by atoms with Gasteiger partial charge in [0.2, 0.25) is 0 Å². The van der Waals surface area contributed by atoms with Crippen LogP contribution in [0.25, 0.3) is 114 Å². The van der Waals surface area contributed by atoms with Crippen LogP contribution in [0.5, 0.6) is 0 Å². The fourth-order valence-electron chi connectivity index (χ4n) is 8.84. The van der Waals surface area contributed by atoms with Crippen molar-refractivity contribution in [1.29, 1.82) is 0 Å². The number of fused-ring (bicyclic) bond motifs is 12. The first-order valence-electron chi connectivity index (χ1n) is 19.0. The highest BCUT2D eigenvalue weighted by atomic mass is 32.1. The molecule has 12 rings (SSSR count). The summed E-state index contributed by atoms with van der Waals surface area (Å²) in [5.74, 6) is 0.733. The number of hydrogen-bond donors (Lipinski definition) is 0. The van der Waals surface area contributed by atoms with Crippen LogP contribution in [-0.2, 0) is 0 Å². The molecule has 0 aliphatic heterocycles. The Morgan fingerprint density at radius 2 is 0.946 bits per heavy atom. The van der Waals surface area contributed by atoms with Gasteiger partial charge in [0.15, 0.2) is 5.82 Å². The minimum atomic E-state index is 0.733. The lowest BCUT2D eigenvalue weighted by Crippen LogP contribution is -1.96. The standard InChI is InChI=1S/C52H31N3S/c1-2-13-32(14-3-1)46-31-47(54-52(53-46)43-22-12-21-42-41-20-9-11-24-50(41)56-51(42)43)33-25-28-49-45(29-33)40-19-8-10-23-48(40)55(49)34-26-27-39-37-17-5-4-15-35(37)36-16-6-7-18-38(36)44(39)30-34/h1-31H. The van der Waals surface area contributed by atoms with Gasteiger partial charge in [-0.1, -0.05) is 140 Å². The summed E-state index contributed by atoms with van der Waals surface area (Å²) in [6, 6.07) is 67.8. The van der Waals surface area contributed by atoms with Gasteiger partial charge in [-0.05, 0) is 80.8 Å². The number of benzene rings is 9. The lowest BCUT2D eigenvalue weighted by Gasteiger charge is -2.14. The van der Waals surface area contributed by atoms with E-state index in [0.29, 0.717) is 0 Å². The molecule has 0 spiro atoms. The van der Waals surface area contributed by atoms with Gasteiger partial charge in [-0.2, -0.15) is 0 Å². The van der Waals surface area contributed by atoms with Gasteiger partial charge in [-0.25, -0.2) is 9.97 Å². The fraction of sp³-hybridized carbons (Fsp3) is 0. The first-order valence-corrected chi connectivity index (χ1v) is 19.8. The second-order valence-electron chi connectivity index (χ2n) is 14.5. The minimum Gasteiger partial charge on any atom is -0.309 e. The second kappa shape index (κ2) is 12.2. The Morgan fingerprint density at radius 3 is 1.71 bits per heavy atom. The number of rotatable bonds is 4. The van der Waals surface area contributed by atoms with Crippen molar-refractivity contribution < 1.29 is 0 Å². The molecule has 0 aliphatic carbocycles. The van der Waals surface area contributed by atoms with Gasteiger partial charge in [0.05, 0.1) is 22.4 Å². The van der Waals surface area contributed by atoms with E-state index in [1.807, 2.05) is 17.4 Å². The van der Waals surface area contributed by atoms with Gasteiger partial charge in [0.25, 0.3) is 0 Å². The topological polar surface area (TPSA) is 30.7 Å². The molecule has 0 saturated heterocycles. The Morgan fingerprint density at radius 1 is 0.357 bits per heavy atom. The Labute approximate surface area is 326 Å². The molecule has 0 saturated carbocycles. The lowest BCUT2D eigenvalue weighted by molar-refractivity contribution is 1.18. The Hall–Kier alpha value is -7.14. The van der Waals surface area contributed by atoms with Crippen LogP contribution in [0, 0.1) is 0 Å². The van der Waals surface area contributed by atoms with Crippen LogP contribution in [0.1, 0.15) is 0 Å². The number of para-hydroxylation sites is 1. The van der Waals surface area contributed by atoms with E-state index in [9.17, 15) is 0 Å². The highest BCUT2D eigenvalue weighted by Gasteiger charge is 2.19. The highest BCUT2D eigenvalue weighted by molar-refractivity contribution is 7.26. The molecule has 3 heterocycles. The van der Waals surface area contributed by atoms with Crippen LogP contribution in [0.2, 0.25) is 0 Å². The van der Waals surface area contributed by atoms with Crippen molar-refractivity contribution in [2.45, 2.75) is 0 Å². The molecule has 0 radical (unpaired) electrons. The normalized spacial score (nSPS) is 11.9. The first kappa shape index (κ1) is 31.2. The molecular weight excluding hydrogens is 699 g/mol. The molecule has 0 aliphatic rings. The quantitative estimate of drug-likeness (QED) is 0.169. The van der Waals surface area contributed by atoms with Crippen LogP contribution >= 0.6 is 11.3 Å². The van der Waals surface area contributed by atoms with E-state index in [0.717, 1.165) is 45.1 Å². The van der Waals surface area contributed by atoms with Crippen LogP contribution in [0.3, 0.4) is 0 Å². The predicted molar refractivity (Wildman–Crippen MR) is 238 cm³/mol. The number of hydrogen-bond acceptors (Lipinski definition) is 3. The van der Waals surface area contributed by atoms with Crippen molar-refractivity contribution in [1.82, 2.24) is 14.5 Å². The Balaban J connectivity index is 1.07. The molecule has 0 atom stereocenters. The summed E-state index contributed by atoms with van der Waals surface area (Å²) in [7, 11) is 0. The van der Waals surface area contributed by atoms with Gasteiger partial charge in [-0.15, -0.1) is 11.3 Å². The van der Waals surface area contributed by atoms with Gasteiger partial charge in [0, 0.05) is 53.3 Å². The Bertz CT molecular complexity index is 3510. The fourth-order valence-corrected chi connectivity index (χ4v) is 10.1. The lowest BCUT2D eigenvalue weighted by atomic mass is 9.94. The van der Waals surface area contributed by atoms with Crippen molar-refractivity contribution in [3.8, 4) is 39.6 Å². The summed E-state index contributed by atoms with van der Waals surface area (Å²) in [5, 5.41) is 12.6. The molecule has 0 unspecified atom stereocenters. The number of aromatic nitrogens is 3. The Kier molecular flexibility index (Phi) is 6.80. The maximum Gasteiger partial charge on any atom is 0.161 e. The van der Waals surface area contributed by atoms with E-state index in [1.165, 1.54) is 68.8 Å². The summed E-state index contributed by atoms with van der Waals surface area (Å²) in [6.45, 7) is 0. The third-order valence-corrected chi connectivity index (χ3v) is 12.6. The smallest absolute Gasteiger partial charge is 0.161 e. The summed E-state index contributed by atoms with van der Waals surface area (Å²) in [5.41, 5.74) is 8.45. The van der Waals surface area contributed by atoms with E-state index >= 15 is 0 Å². The molecule has 12 aromatic rings. The van der Waals surface area contributed by atoms with E-state index in [1.54, 1.807) is 0 Å². The van der Waals surface area contributed by atoms with Crippen molar-refractivity contribution in [3.05, 3.63) is 188 Å². The van der Waals surface area contributed by atoms with Crippen molar-refractivity contribution in [3.63, 3.8) is 0 Å². The third kappa shape index (κ3) is 4.70. The average molecular weight is 730 g/mol. The molecule has 260 valence electrons. The first-order chi connectivity index (χ1) is 27.8. The van der Waals surface area contributed by atoms with E-state index < -0.39 is 0 Å². The second-order valence-corrected chi connectivity index (χ2v) is 15.6. The summed E-state index contributed by atoms with van der Waals surface area (Å²) < 4.78 is 4.89. The van der Waals surface area contributed by atoms with Gasteiger partial charge in [-0.3, -0.25) is 0 Å². The third-order valence-electron chi connectivity index (χ3n) is 11.4. The molecule has 0 N–H and O–H groups in total. The SMILES string of the molecule is c1ccc(-c2cc(-c3ccc4c(c3)c3ccccc3n4-c3ccc4c5ccccc5c5ccccc5c4c3)nc(-c3cccc4c3sc3ccccc34)n2)cc1. The average Bonchev–Trinajstić information content (AvgIpc) is 3.82. The zero-order valence-corrected chi connectivity index (χ0v) is 31.0. The van der Waals surface area contributed by atoms with E-state index in [-0.39, 0.29) is 0 Å². The largest absolute Gasteiger partial charge is 0.309 e. The molecule has 0 bridgehead atoms. The maximum absolute atomic E-state index is 5.35. The molecule has 9 aromatic carbocycles. The molecule has 4 heteroatoms. The summed E-state index contributed by atoms with van der Waals surface area (Å²) >= 11 is 1.81. The van der Waals surface area contributed by atoms with E-state index in [2.05, 4.69) is 187 Å². The zero-order chi connectivity index (χ0) is 36.7. The molecule has 56 heavy (non-hydrogen) atoms. The van der Waals surface area contributed by atoms with Crippen molar-refractivity contribution in [2.75, 3.05) is 0 Å².